The van der Waals surface area contributed by atoms with Crippen LogP contribution in [-0.4, -0.2) is 5.91 Å². The molecule has 0 unspecified atom stereocenters. The Labute approximate surface area is 119 Å². The van der Waals surface area contributed by atoms with Gasteiger partial charge in [0.15, 0.2) is 0 Å². The summed E-state index contributed by atoms with van der Waals surface area (Å²) in [5.41, 5.74) is 11.6. The number of halogens is 2. The Morgan fingerprint density at radius 2 is 1.75 bits per heavy atom. The van der Waals surface area contributed by atoms with Gasteiger partial charge in [-0.1, -0.05) is 18.2 Å². The van der Waals surface area contributed by atoms with Crippen molar-refractivity contribution >= 4 is 23.4 Å². The lowest BCUT2D eigenvalue weighted by molar-refractivity contribution is 0.0999. The molecular formula is C14H12F2N2OS. The molecule has 1 amide bonds. The van der Waals surface area contributed by atoms with Crippen LogP contribution < -0.4 is 11.5 Å². The Hall–Kier alpha value is -2.08. The molecule has 2 aromatic rings. The van der Waals surface area contributed by atoms with Crippen LogP contribution in [-0.2, 0) is 5.75 Å². The number of hydrogen-bond donors (Lipinski definition) is 2. The van der Waals surface area contributed by atoms with Crippen molar-refractivity contribution in [2.45, 2.75) is 10.6 Å². The Bertz CT molecular complexity index is 638. The molecule has 20 heavy (non-hydrogen) atoms. The largest absolute Gasteiger partial charge is 0.399 e. The zero-order valence-corrected chi connectivity index (χ0v) is 11.2. The maximum Gasteiger partial charge on any atom is 0.249 e. The van der Waals surface area contributed by atoms with Gasteiger partial charge in [-0.15, -0.1) is 11.8 Å². The smallest absolute Gasteiger partial charge is 0.249 e. The van der Waals surface area contributed by atoms with Gasteiger partial charge < -0.3 is 11.5 Å². The molecule has 0 aliphatic rings. The molecule has 4 N–H and O–H groups in total. The number of primary amides is 1. The van der Waals surface area contributed by atoms with Crippen LogP contribution >= 0.6 is 11.8 Å². The van der Waals surface area contributed by atoms with Crippen LogP contribution in [0.3, 0.4) is 0 Å². The van der Waals surface area contributed by atoms with E-state index in [0.717, 1.165) is 23.9 Å². The minimum absolute atomic E-state index is 0.0295. The maximum atomic E-state index is 13.6. The van der Waals surface area contributed by atoms with Crippen LogP contribution in [0.5, 0.6) is 0 Å². The van der Waals surface area contributed by atoms with E-state index in [1.165, 1.54) is 0 Å². The quantitative estimate of drug-likeness (QED) is 0.673. The number of rotatable bonds is 4. The average Bonchev–Trinajstić information content (AvgIpc) is 2.37. The second-order valence-corrected chi connectivity index (χ2v) is 5.11. The maximum absolute atomic E-state index is 13.6. The molecule has 0 saturated heterocycles. The lowest BCUT2D eigenvalue weighted by Crippen LogP contribution is -2.13. The summed E-state index contributed by atoms with van der Waals surface area (Å²) in [5.74, 6) is -1.77. The Morgan fingerprint density at radius 1 is 1.15 bits per heavy atom. The van der Waals surface area contributed by atoms with E-state index >= 15 is 0 Å². The molecule has 6 heteroatoms. The van der Waals surface area contributed by atoms with E-state index in [9.17, 15) is 13.6 Å². The molecule has 0 atom stereocenters. The highest BCUT2D eigenvalue weighted by Gasteiger charge is 2.13. The number of hydrogen-bond acceptors (Lipinski definition) is 3. The lowest BCUT2D eigenvalue weighted by atomic mass is 10.1. The third-order valence-corrected chi connectivity index (χ3v) is 3.81. The summed E-state index contributed by atoms with van der Waals surface area (Å²) in [7, 11) is 0. The van der Waals surface area contributed by atoms with Crippen LogP contribution in [0.15, 0.2) is 41.3 Å². The SMILES string of the molecule is NC(=O)c1ccccc1CSc1c(F)cc(N)cc1F. The predicted octanol–water partition coefficient (Wildman–Crippen LogP) is 2.94. The Morgan fingerprint density at radius 3 is 2.35 bits per heavy atom. The number of thioether (sulfide) groups is 1. The number of carbonyl (C=O) groups excluding carboxylic acids is 1. The fourth-order valence-corrected chi connectivity index (χ4v) is 2.70. The zero-order valence-electron chi connectivity index (χ0n) is 10.4. The van der Waals surface area contributed by atoms with Crippen LogP contribution in [0, 0.1) is 11.6 Å². The molecule has 0 heterocycles. The van der Waals surface area contributed by atoms with Gasteiger partial charge in [-0.25, -0.2) is 8.78 Å². The molecule has 0 saturated carbocycles. The van der Waals surface area contributed by atoms with Gasteiger partial charge in [0.2, 0.25) is 5.91 Å². The molecule has 104 valence electrons. The standard InChI is InChI=1S/C14H12F2N2OS/c15-11-5-9(17)6-12(16)13(11)20-7-8-3-1-2-4-10(8)14(18)19/h1-6H,7,17H2,(H2,18,19). The second kappa shape index (κ2) is 5.92. The molecule has 0 radical (unpaired) electrons. The molecule has 2 rings (SSSR count). The van der Waals surface area contributed by atoms with Crippen molar-refractivity contribution in [3.05, 3.63) is 59.2 Å². The Kier molecular flexibility index (Phi) is 4.24. The molecule has 0 aliphatic carbocycles. The summed E-state index contributed by atoms with van der Waals surface area (Å²) < 4.78 is 27.3. The number of amides is 1. The third-order valence-electron chi connectivity index (χ3n) is 2.68. The second-order valence-electron chi connectivity index (χ2n) is 4.12. The summed E-state index contributed by atoms with van der Waals surface area (Å²) in [4.78, 5) is 11.1. The third kappa shape index (κ3) is 3.08. The normalized spacial score (nSPS) is 10.5. The molecule has 0 fully saturated rings. The number of benzene rings is 2. The van der Waals surface area contributed by atoms with Crippen LogP contribution in [0.2, 0.25) is 0 Å². The number of anilines is 1. The lowest BCUT2D eigenvalue weighted by Gasteiger charge is -2.08. The first kappa shape index (κ1) is 14.3. The van der Waals surface area contributed by atoms with Gasteiger partial charge >= 0.3 is 0 Å². The number of nitrogens with two attached hydrogens (primary N) is 2. The topological polar surface area (TPSA) is 69.1 Å². The van der Waals surface area contributed by atoms with Gasteiger partial charge in [-0.3, -0.25) is 4.79 Å². The van der Waals surface area contributed by atoms with Gasteiger partial charge in [0.1, 0.15) is 11.6 Å². The van der Waals surface area contributed by atoms with Crippen molar-refractivity contribution in [2.75, 3.05) is 5.73 Å². The molecule has 2 aromatic carbocycles. The van der Waals surface area contributed by atoms with E-state index in [0.29, 0.717) is 11.1 Å². The minimum atomic E-state index is -0.718. The molecule has 3 nitrogen and oxygen atoms in total. The molecule has 0 spiro atoms. The van der Waals surface area contributed by atoms with Gasteiger partial charge in [0.25, 0.3) is 0 Å². The fraction of sp³-hybridized carbons (Fsp3) is 0.0714. The van der Waals surface area contributed by atoms with E-state index in [1.54, 1.807) is 24.3 Å². The highest BCUT2D eigenvalue weighted by Crippen LogP contribution is 2.30. The first-order valence-electron chi connectivity index (χ1n) is 5.74. The van der Waals surface area contributed by atoms with Gasteiger partial charge in [0.05, 0.1) is 4.90 Å². The van der Waals surface area contributed by atoms with E-state index < -0.39 is 17.5 Å². The first-order valence-corrected chi connectivity index (χ1v) is 6.72. The van der Waals surface area contributed by atoms with Crippen LogP contribution in [0.25, 0.3) is 0 Å². The summed E-state index contributed by atoms with van der Waals surface area (Å²) in [5, 5.41) is 0. The van der Waals surface area contributed by atoms with E-state index in [2.05, 4.69) is 0 Å². The average molecular weight is 294 g/mol. The highest BCUT2D eigenvalue weighted by atomic mass is 32.2. The van der Waals surface area contributed by atoms with E-state index in [1.807, 2.05) is 0 Å². The molecular weight excluding hydrogens is 282 g/mol. The molecule has 0 aliphatic heterocycles. The van der Waals surface area contributed by atoms with E-state index in [4.69, 9.17) is 11.5 Å². The summed E-state index contributed by atoms with van der Waals surface area (Å²) in [6, 6.07) is 8.81. The van der Waals surface area contributed by atoms with Crippen molar-refractivity contribution in [1.29, 1.82) is 0 Å². The van der Waals surface area contributed by atoms with Crippen molar-refractivity contribution in [3.63, 3.8) is 0 Å². The van der Waals surface area contributed by atoms with Crippen LogP contribution in [0.1, 0.15) is 15.9 Å². The van der Waals surface area contributed by atoms with Gasteiger partial charge in [-0.05, 0) is 23.8 Å². The van der Waals surface area contributed by atoms with Crippen molar-refractivity contribution in [3.8, 4) is 0 Å². The minimum Gasteiger partial charge on any atom is -0.399 e. The summed E-state index contributed by atoms with van der Waals surface area (Å²) in [6.07, 6.45) is 0. The van der Waals surface area contributed by atoms with Crippen molar-refractivity contribution in [1.82, 2.24) is 0 Å². The predicted molar refractivity (Wildman–Crippen MR) is 75.3 cm³/mol. The monoisotopic (exact) mass is 294 g/mol. The zero-order chi connectivity index (χ0) is 14.7. The van der Waals surface area contributed by atoms with Gasteiger partial charge in [-0.2, -0.15) is 0 Å². The summed E-state index contributed by atoms with van der Waals surface area (Å²) in [6.45, 7) is 0. The van der Waals surface area contributed by atoms with Crippen LogP contribution in [0.4, 0.5) is 14.5 Å². The number of nitrogen functional groups attached to an aromatic ring is 1. The molecule has 0 bridgehead atoms. The number of carbonyl (C=O) groups is 1. The summed E-state index contributed by atoms with van der Waals surface area (Å²) >= 11 is 0.954. The molecule has 0 aromatic heterocycles. The fourth-order valence-electron chi connectivity index (χ4n) is 1.75. The van der Waals surface area contributed by atoms with E-state index in [-0.39, 0.29) is 16.3 Å². The van der Waals surface area contributed by atoms with Crippen molar-refractivity contribution in [2.24, 2.45) is 5.73 Å². The van der Waals surface area contributed by atoms with Gasteiger partial charge in [0, 0.05) is 17.0 Å². The Balaban J connectivity index is 2.24. The van der Waals surface area contributed by atoms with Crippen molar-refractivity contribution < 1.29 is 13.6 Å². The highest BCUT2D eigenvalue weighted by molar-refractivity contribution is 7.98. The first-order chi connectivity index (χ1) is 9.49.